The van der Waals surface area contributed by atoms with Crippen LogP contribution >= 0.6 is 38.9 Å². The Balaban J connectivity index is 1.88. The number of hydrogen-bond acceptors (Lipinski definition) is 4. The van der Waals surface area contributed by atoms with E-state index in [4.69, 9.17) is 16.0 Å². The van der Waals surface area contributed by atoms with Gasteiger partial charge in [0, 0.05) is 0 Å². The summed E-state index contributed by atoms with van der Waals surface area (Å²) in [4.78, 5) is 0.903. The molecule has 0 bridgehead atoms. The minimum atomic E-state index is 0.315. The van der Waals surface area contributed by atoms with E-state index in [1.165, 1.54) is 11.3 Å². The summed E-state index contributed by atoms with van der Waals surface area (Å²) >= 11 is 11.1. The summed E-state index contributed by atoms with van der Waals surface area (Å²) < 4.78 is 6.60. The van der Waals surface area contributed by atoms with Crippen LogP contribution in [0.15, 0.2) is 50.7 Å². The summed E-state index contributed by atoms with van der Waals surface area (Å²) in [5, 5.41) is 8.40. The van der Waals surface area contributed by atoms with Crippen LogP contribution < -0.4 is 0 Å². The predicted molar refractivity (Wildman–Crippen MR) is 85.5 cm³/mol. The Morgan fingerprint density at radius 3 is 2.65 bits per heavy atom. The quantitative estimate of drug-likeness (QED) is 0.630. The van der Waals surface area contributed by atoms with Crippen molar-refractivity contribution in [3.63, 3.8) is 0 Å². The van der Waals surface area contributed by atoms with E-state index in [2.05, 4.69) is 26.1 Å². The molecule has 1 aromatic carbocycles. The third kappa shape index (κ3) is 3.00. The third-order valence-electron chi connectivity index (χ3n) is 2.51. The maximum Gasteiger partial charge on any atom is 0.259 e. The van der Waals surface area contributed by atoms with E-state index in [0.717, 1.165) is 14.2 Å². The molecule has 6 heteroatoms. The molecule has 100 valence electrons. The molecule has 2 heterocycles. The number of halogens is 2. The smallest absolute Gasteiger partial charge is 0.259 e. The molecular weight excluding hydrogens is 360 g/mol. The second-order valence-electron chi connectivity index (χ2n) is 3.92. The second-order valence-corrected chi connectivity index (χ2v) is 6.79. The van der Waals surface area contributed by atoms with Gasteiger partial charge in [0.25, 0.3) is 11.8 Å². The molecule has 3 rings (SSSR count). The molecular formula is C14H8BrClN2OS. The number of aromatic nitrogens is 2. The van der Waals surface area contributed by atoms with Gasteiger partial charge >= 0.3 is 0 Å². The Labute approximate surface area is 133 Å². The molecule has 0 saturated heterocycles. The summed E-state index contributed by atoms with van der Waals surface area (Å²) in [6.07, 6.45) is 1.79. The third-order valence-corrected chi connectivity index (χ3v) is 4.39. The number of benzene rings is 1. The van der Waals surface area contributed by atoms with E-state index in [9.17, 15) is 0 Å². The van der Waals surface area contributed by atoms with Crippen LogP contribution in [0.2, 0.25) is 0 Å². The Morgan fingerprint density at radius 1 is 1.15 bits per heavy atom. The molecule has 0 amide bonds. The van der Waals surface area contributed by atoms with Crippen molar-refractivity contribution >= 4 is 50.0 Å². The molecule has 0 radical (unpaired) electrons. The highest BCUT2D eigenvalue weighted by atomic mass is 79.9. The van der Waals surface area contributed by atoms with Gasteiger partial charge in [0.2, 0.25) is 0 Å². The van der Waals surface area contributed by atoms with Gasteiger partial charge in [-0.2, -0.15) is 0 Å². The van der Waals surface area contributed by atoms with Crippen LogP contribution in [0, 0.1) is 0 Å². The SMILES string of the molecule is Cl/C(=C\c1ccccc1)c1nnc(-c2ccc(Br)s2)o1. The van der Waals surface area contributed by atoms with Crippen LogP contribution in [0.1, 0.15) is 11.5 Å². The molecule has 0 aliphatic rings. The van der Waals surface area contributed by atoms with Crippen molar-refractivity contribution in [2.75, 3.05) is 0 Å². The average Bonchev–Trinajstić information content (AvgIpc) is 3.08. The van der Waals surface area contributed by atoms with Gasteiger partial charge in [-0.05, 0) is 39.7 Å². The first-order chi connectivity index (χ1) is 9.72. The molecule has 0 unspecified atom stereocenters. The van der Waals surface area contributed by atoms with Crippen LogP contribution in [0.5, 0.6) is 0 Å². The minimum absolute atomic E-state index is 0.315. The van der Waals surface area contributed by atoms with Crippen LogP contribution in [0.3, 0.4) is 0 Å². The zero-order valence-electron chi connectivity index (χ0n) is 10.1. The van der Waals surface area contributed by atoms with Gasteiger partial charge in [-0.25, -0.2) is 0 Å². The Bertz CT molecular complexity index is 751. The monoisotopic (exact) mass is 366 g/mol. The number of thiophene rings is 1. The van der Waals surface area contributed by atoms with Gasteiger partial charge < -0.3 is 4.42 Å². The van der Waals surface area contributed by atoms with Crippen molar-refractivity contribution < 1.29 is 4.42 Å². The largest absolute Gasteiger partial charge is 0.414 e. The van der Waals surface area contributed by atoms with E-state index in [1.807, 2.05) is 42.5 Å². The molecule has 0 saturated carbocycles. The van der Waals surface area contributed by atoms with Crippen molar-refractivity contribution in [2.45, 2.75) is 0 Å². The molecule has 3 aromatic rings. The standard InChI is InChI=1S/C14H8BrClN2OS/c15-12-7-6-11(20-12)14-18-17-13(19-14)10(16)8-9-4-2-1-3-5-9/h1-8H/b10-8-. The molecule has 0 atom stereocenters. The fraction of sp³-hybridized carbons (Fsp3) is 0. The average molecular weight is 368 g/mol. The van der Waals surface area contributed by atoms with Crippen molar-refractivity contribution in [3.8, 4) is 10.8 Å². The Hall–Kier alpha value is -1.43. The maximum absolute atomic E-state index is 6.21. The minimum Gasteiger partial charge on any atom is -0.414 e. The van der Waals surface area contributed by atoms with Crippen LogP contribution in [0.4, 0.5) is 0 Å². The molecule has 20 heavy (non-hydrogen) atoms. The fourth-order valence-electron chi connectivity index (χ4n) is 1.61. The van der Waals surface area contributed by atoms with E-state index in [0.29, 0.717) is 16.8 Å². The van der Waals surface area contributed by atoms with Crippen molar-refractivity contribution in [1.82, 2.24) is 10.2 Å². The topological polar surface area (TPSA) is 38.9 Å². The van der Waals surface area contributed by atoms with Gasteiger partial charge in [0.15, 0.2) is 0 Å². The molecule has 0 spiro atoms. The second kappa shape index (κ2) is 5.91. The van der Waals surface area contributed by atoms with E-state index < -0.39 is 0 Å². The molecule has 0 aliphatic heterocycles. The lowest BCUT2D eigenvalue weighted by molar-refractivity contribution is 0.558. The first-order valence-electron chi connectivity index (χ1n) is 5.74. The van der Waals surface area contributed by atoms with Gasteiger partial charge in [0.1, 0.15) is 5.03 Å². The first kappa shape index (κ1) is 13.5. The highest BCUT2D eigenvalue weighted by Crippen LogP contribution is 2.32. The summed E-state index contributed by atoms with van der Waals surface area (Å²) in [5.74, 6) is 0.783. The summed E-state index contributed by atoms with van der Waals surface area (Å²) in [5.41, 5.74) is 0.983. The van der Waals surface area contributed by atoms with Crippen LogP contribution in [0.25, 0.3) is 21.9 Å². The summed E-state index contributed by atoms with van der Waals surface area (Å²) in [6.45, 7) is 0. The number of hydrogen-bond donors (Lipinski definition) is 0. The van der Waals surface area contributed by atoms with Gasteiger partial charge in [-0.3, -0.25) is 0 Å². The Kier molecular flexibility index (Phi) is 4.00. The van der Waals surface area contributed by atoms with E-state index >= 15 is 0 Å². The Morgan fingerprint density at radius 2 is 1.95 bits per heavy atom. The van der Waals surface area contributed by atoms with Crippen LogP contribution in [-0.4, -0.2) is 10.2 Å². The fourth-order valence-corrected chi connectivity index (χ4v) is 3.12. The maximum atomic E-state index is 6.21. The zero-order valence-corrected chi connectivity index (χ0v) is 13.2. The van der Waals surface area contributed by atoms with Crippen molar-refractivity contribution in [2.24, 2.45) is 0 Å². The number of nitrogens with zero attached hydrogens (tertiary/aromatic N) is 2. The van der Waals surface area contributed by atoms with Crippen molar-refractivity contribution in [3.05, 3.63) is 57.7 Å². The predicted octanol–water partition coefficient (Wildman–Crippen LogP) is 5.30. The lowest BCUT2D eigenvalue weighted by Crippen LogP contribution is -1.77. The molecule has 0 fully saturated rings. The normalized spacial score (nSPS) is 11.8. The van der Waals surface area contributed by atoms with Gasteiger partial charge in [-0.15, -0.1) is 21.5 Å². The molecule has 0 N–H and O–H groups in total. The summed E-state index contributed by atoms with van der Waals surface area (Å²) in [6, 6.07) is 13.6. The lowest BCUT2D eigenvalue weighted by Gasteiger charge is -1.93. The highest BCUT2D eigenvalue weighted by molar-refractivity contribution is 9.11. The van der Waals surface area contributed by atoms with E-state index in [1.54, 1.807) is 6.08 Å². The summed E-state index contributed by atoms with van der Waals surface area (Å²) in [7, 11) is 0. The van der Waals surface area contributed by atoms with Gasteiger partial charge in [-0.1, -0.05) is 41.9 Å². The van der Waals surface area contributed by atoms with E-state index in [-0.39, 0.29) is 0 Å². The van der Waals surface area contributed by atoms with Crippen LogP contribution in [-0.2, 0) is 0 Å². The lowest BCUT2D eigenvalue weighted by atomic mass is 10.2. The van der Waals surface area contributed by atoms with Crippen molar-refractivity contribution in [1.29, 1.82) is 0 Å². The number of rotatable bonds is 3. The molecule has 3 nitrogen and oxygen atoms in total. The molecule has 0 aliphatic carbocycles. The zero-order chi connectivity index (χ0) is 13.9. The highest BCUT2D eigenvalue weighted by Gasteiger charge is 2.12. The van der Waals surface area contributed by atoms with Gasteiger partial charge in [0.05, 0.1) is 8.66 Å². The first-order valence-corrected chi connectivity index (χ1v) is 7.73. The molecule has 2 aromatic heterocycles.